The molecular weight excluding hydrogens is 228 g/mol. The minimum Gasteiger partial charge on any atom is -0.291 e. The van der Waals surface area contributed by atoms with Crippen LogP contribution in [0.15, 0.2) is 22.7 Å². The molecule has 0 amide bonds. The third-order valence-corrected chi connectivity index (χ3v) is 1.77. The van der Waals surface area contributed by atoms with Crippen LogP contribution in [0.25, 0.3) is 0 Å². The maximum Gasteiger partial charge on any atom is 0.294 e. The Balaban J connectivity index is 3.20. The first kappa shape index (κ1) is 8.95. The lowest BCUT2D eigenvalue weighted by Crippen LogP contribution is -1.96. The van der Waals surface area contributed by atoms with Gasteiger partial charge in [0, 0.05) is 10.5 Å². The molecule has 0 spiro atoms. The number of hydrogen-bond donors (Lipinski definition) is 2. The Hall–Kier alpha value is -1.14. The third kappa shape index (κ3) is 1.72. The SMILES string of the molecule is O=[N+]([O-])c1ccc(Br)cc1NO. The van der Waals surface area contributed by atoms with E-state index in [9.17, 15) is 10.1 Å². The van der Waals surface area contributed by atoms with E-state index >= 15 is 0 Å². The molecule has 0 aliphatic heterocycles. The highest BCUT2D eigenvalue weighted by atomic mass is 79.9. The first-order valence-electron chi connectivity index (χ1n) is 2.99. The van der Waals surface area contributed by atoms with Crippen LogP contribution in [-0.4, -0.2) is 10.1 Å². The van der Waals surface area contributed by atoms with E-state index in [1.54, 1.807) is 5.48 Å². The van der Waals surface area contributed by atoms with Crippen LogP contribution in [0.2, 0.25) is 0 Å². The summed E-state index contributed by atoms with van der Waals surface area (Å²) in [5, 5.41) is 18.8. The number of nitro groups is 1. The van der Waals surface area contributed by atoms with Crippen LogP contribution in [0.5, 0.6) is 0 Å². The lowest BCUT2D eigenvalue weighted by Gasteiger charge is -1.99. The van der Waals surface area contributed by atoms with Gasteiger partial charge < -0.3 is 0 Å². The summed E-state index contributed by atoms with van der Waals surface area (Å²) in [7, 11) is 0. The van der Waals surface area contributed by atoms with Crippen molar-refractivity contribution in [1.29, 1.82) is 0 Å². The lowest BCUT2D eigenvalue weighted by molar-refractivity contribution is -0.384. The van der Waals surface area contributed by atoms with E-state index in [-0.39, 0.29) is 11.4 Å². The number of rotatable bonds is 2. The molecule has 0 unspecified atom stereocenters. The van der Waals surface area contributed by atoms with Crippen molar-refractivity contribution >= 4 is 27.3 Å². The zero-order chi connectivity index (χ0) is 9.14. The van der Waals surface area contributed by atoms with Crippen molar-refractivity contribution in [3.63, 3.8) is 0 Å². The van der Waals surface area contributed by atoms with Crippen molar-refractivity contribution in [2.24, 2.45) is 0 Å². The van der Waals surface area contributed by atoms with Crippen LogP contribution < -0.4 is 5.48 Å². The third-order valence-electron chi connectivity index (χ3n) is 1.28. The molecular formula is C6H5BrN2O3. The van der Waals surface area contributed by atoms with Crippen molar-refractivity contribution in [3.8, 4) is 0 Å². The molecule has 6 heteroatoms. The topological polar surface area (TPSA) is 75.4 Å². The molecule has 12 heavy (non-hydrogen) atoms. The Bertz CT molecular complexity index is 316. The molecule has 0 saturated heterocycles. The predicted molar refractivity (Wildman–Crippen MR) is 46.2 cm³/mol. The fraction of sp³-hybridized carbons (Fsp3) is 0. The molecule has 0 heterocycles. The second kappa shape index (κ2) is 3.51. The maximum atomic E-state index is 10.3. The first-order valence-corrected chi connectivity index (χ1v) is 3.78. The second-order valence-electron chi connectivity index (χ2n) is 2.03. The molecule has 0 aromatic heterocycles. The minimum atomic E-state index is -0.578. The van der Waals surface area contributed by atoms with Gasteiger partial charge in [-0.2, -0.15) is 0 Å². The van der Waals surface area contributed by atoms with Gasteiger partial charge in [0.1, 0.15) is 5.69 Å². The molecule has 0 saturated carbocycles. The summed E-state index contributed by atoms with van der Waals surface area (Å²) >= 11 is 3.11. The molecule has 0 aliphatic rings. The maximum absolute atomic E-state index is 10.3. The molecule has 1 rings (SSSR count). The van der Waals surface area contributed by atoms with Crippen LogP contribution in [0.1, 0.15) is 0 Å². The van der Waals surface area contributed by atoms with Crippen LogP contribution >= 0.6 is 15.9 Å². The number of anilines is 1. The molecule has 0 bridgehead atoms. The summed E-state index contributed by atoms with van der Waals surface area (Å²) in [5.74, 6) is 0. The molecule has 0 fully saturated rings. The molecule has 2 N–H and O–H groups in total. The lowest BCUT2D eigenvalue weighted by atomic mass is 10.3. The zero-order valence-corrected chi connectivity index (χ0v) is 7.41. The zero-order valence-electron chi connectivity index (χ0n) is 5.82. The van der Waals surface area contributed by atoms with E-state index in [4.69, 9.17) is 5.21 Å². The van der Waals surface area contributed by atoms with Crippen molar-refractivity contribution in [3.05, 3.63) is 32.8 Å². The fourth-order valence-corrected chi connectivity index (χ4v) is 1.12. The first-order chi connectivity index (χ1) is 5.65. The van der Waals surface area contributed by atoms with Gasteiger partial charge in [0.15, 0.2) is 0 Å². The Labute approximate surface area is 76.3 Å². The number of halogens is 1. The largest absolute Gasteiger partial charge is 0.294 e. The number of nitro benzene ring substituents is 1. The molecule has 0 radical (unpaired) electrons. The van der Waals surface area contributed by atoms with Gasteiger partial charge in [-0.1, -0.05) is 15.9 Å². The molecule has 1 aromatic rings. The molecule has 1 aromatic carbocycles. The highest BCUT2D eigenvalue weighted by Crippen LogP contribution is 2.26. The van der Waals surface area contributed by atoms with Crippen molar-refractivity contribution in [2.45, 2.75) is 0 Å². The second-order valence-corrected chi connectivity index (χ2v) is 2.95. The summed E-state index contributed by atoms with van der Waals surface area (Å²) < 4.78 is 0.657. The molecule has 0 atom stereocenters. The van der Waals surface area contributed by atoms with Crippen LogP contribution in [0.4, 0.5) is 11.4 Å². The summed E-state index contributed by atoms with van der Waals surface area (Å²) in [4.78, 5) is 9.75. The monoisotopic (exact) mass is 232 g/mol. The number of hydrogen-bond acceptors (Lipinski definition) is 4. The van der Waals surface area contributed by atoms with E-state index in [0.717, 1.165) is 0 Å². The Morgan fingerprint density at radius 1 is 1.58 bits per heavy atom. The van der Waals surface area contributed by atoms with E-state index < -0.39 is 4.92 Å². The fourth-order valence-electron chi connectivity index (χ4n) is 0.757. The van der Waals surface area contributed by atoms with Crippen LogP contribution in [0, 0.1) is 10.1 Å². The minimum absolute atomic E-state index is 0.0642. The Kier molecular flexibility index (Phi) is 2.61. The van der Waals surface area contributed by atoms with Crippen molar-refractivity contribution in [1.82, 2.24) is 0 Å². The van der Waals surface area contributed by atoms with Gasteiger partial charge in [-0.15, -0.1) is 0 Å². The van der Waals surface area contributed by atoms with Crippen LogP contribution in [0.3, 0.4) is 0 Å². The highest BCUT2D eigenvalue weighted by molar-refractivity contribution is 9.10. The van der Waals surface area contributed by atoms with Gasteiger partial charge in [-0.3, -0.25) is 20.8 Å². The number of nitrogens with one attached hydrogen (secondary N) is 1. The van der Waals surface area contributed by atoms with Gasteiger partial charge in [0.25, 0.3) is 5.69 Å². The van der Waals surface area contributed by atoms with Gasteiger partial charge in [0.05, 0.1) is 4.92 Å². The van der Waals surface area contributed by atoms with Gasteiger partial charge in [-0.05, 0) is 12.1 Å². The Morgan fingerprint density at radius 2 is 2.25 bits per heavy atom. The van der Waals surface area contributed by atoms with Gasteiger partial charge in [0.2, 0.25) is 0 Å². The molecule has 5 nitrogen and oxygen atoms in total. The predicted octanol–water partition coefficient (Wildman–Crippen LogP) is 2.16. The smallest absolute Gasteiger partial charge is 0.291 e. The number of nitrogens with zero attached hydrogens (tertiary/aromatic N) is 1. The molecule has 64 valence electrons. The van der Waals surface area contributed by atoms with Crippen LogP contribution in [-0.2, 0) is 0 Å². The van der Waals surface area contributed by atoms with E-state index in [2.05, 4.69) is 15.9 Å². The van der Waals surface area contributed by atoms with E-state index in [1.807, 2.05) is 0 Å². The Morgan fingerprint density at radius 3 is 2.75 bits per heavy atom. The van der Waals surface area contributed by atoms with E-state index in [0.29, 0.717) is 4.47 Å². The van der Waals surface area contributed by atoms with Crippen molar-refractivity contribution in [2.75, 3.05) is 5.48 Å². The summed E-state index contributed by atoms with van der Waals surface area (Å²) in [6.45, 7) is 0. The molecule has 0 aliphatic carbocycles. The summed E-state index contributed by atoms with van der Waals surface area (Å²) in [5.41, 5.74) is 1.64. The normalized spacial score (nSPS) is 9.50. The summed E-state index contributed by atoms with van der Waals surface area (Å²) in [6.07, 6.45) is 0. The van der Waals surface area contributed by atoms with Gasteiger partial charge >= 0.3 is 0 Å². The van der Waals surface area contributed by atoms with Crippen molar-refractivity contribution < 1.29 is 10.1 Å². The summed E-state index contributed by atoms with van der Waals surface area (Å²) in [6, 6.07) is 4.24. The quantitative estimate of drug-likeness (QED) is 0.606. The average Bonchev–Trinajstić information content (AvgIpc) is 2.03. The number of benzene rings is 1. The van der Waals surface area contributed by atoms with Gasteiger partial charge in [-0.25, -0.2) is 0 Å². The average molecular weight is 233 g/mol. The van der Waals surface area contributed by atoms with E-state index in [1.165, 1.54) is 18.2 Å². The highest BCUT2D eigenvalue weighted by Gasteiger charge is 2.12. The standard InChI is InChI=1S/C6H5BrN2O3/c7-4-1-2-6(9(11)12)5(3-4)8-10/h1-3,8,10H.